The first-order valence-corrected chi connectivity index (χ1v) is 7.04. The SMILES string of the molecule is COc1ccc(NCCS(C)(=O)=O)c(C)c1. The van der Waals surface area contributed by atoms with Crippen LogP contribution >= 0.6 is 0 Å². The molecule has 0 aliphatic heterocycles. The van der Waals surface area contributed by atoms with Gasteiger partial charge in [-0.3, -0.25) is 0 Å². The molecule has 0 amide bonds. The van der Waals surface area contributed by atoms with Crippen LogP contribution in [-0.4, -0.2) is 34.1 Å². The van der Waals surface area contributed by atoms with Gasteiger partial charge in [0.15, 0.2) is 0 Å². The van der Waals surface area contributed by atoms with E-state index in [4.69, 9.17) is 4.74 Å². The predicted molar refractivity (Wildman–Crippen MR) is 65.9 cm³/mol. The number of hydrogen-bond acceptors (Lipinski definition) is 4. The zero-order valence-corrected chi connectivity index (χ0v) is 10.6. The number of nitrogens with one attached hydrogen (secondary N) is 1. The Morgan fingerprint density at radius 1 is 1.38 bits per heavy atom. The van der Waals surface area contributed by atoms with Gasteiger partial charge in [0.05, 0.1) is 12.9 Å². The smallest absolute Gasteiger partial charge is 0.149 e. The summed E-state index contributed by atoms with van der Waals surface area (Å²) in [5, 5.41) is 3.09. The van der Waals surface area contributed by atoms with Crippen molar-refractivity contribution in [2.45, 2.75) is 6.92 Å². The summed E-state index contributed by atoms with van der Waals surface area (Å²) in [6, 6.07) is 5.63. The monoisotopic (exact) mass is 243 g/mol. The minimum atomic E-state index is -2.91. The molecule has 0 saturated carbocycles. The molecule has 90 valence electrons. The first kappa shape index (κ1) is 12.8. The van der Waals surface area contributed by atoms with E-state index in [0.29, 0.717) is 6.54 Å². The summed E-state index contributed by atoms with van der Waals surface area (Å²) >= 11 is 0. The zero-order chi connectivity index (χ0) is 12.2. The lowest BCUT2D eigenvalue weighted by Crippen LogP contribution is -2.14. The predicted octanol–water partition coefficient (Wildman–Crippen LogP) is 1.46. The van der Waals surface area contributed by atoms with Gasteiger partial charge in [-0.05, 0) is 30.7 Å². The van der Waals surface area contributed by atoms with Crippen LogP contribution in [0.3, 0.4) is 0 Å². The topological polar surface area (TPSA) is 55.4 Å². The van der Waals surface area contributed by atoms with Crippen molar-refractivity contribution in [3.05, 3.63) is 23.8 Å². The van der Waals surface area contributed by atoms with Crippen LogP contribution in [0.4, 0.5) is 5.69 Å². The van der Waals surface area contributed by atoms with E-state index in [2.05, 4.69) is 5.32 Å². The highest BCUT2D eigenvalue weighted by Crippen LogP contribution is 2.20. The van der Waals surface area contributed by atoms with Crippen LogP contribution in [0.5, 0.6) is 5.75 Å². The number of benzene rings is 1. The van der Waals surface area contributed by atoms with Gasteiger partial charge in [-0.15, -0.1) is 0 Å². The Morgan fingerprint density at radius 3 is 2.56 bits per heavy atom. The van der Waals surface area contributed by atoms with Crippen LogP contribution < -0.4 is 10.1 Å². The largest absolute Gasteiger partial charge is 0.497 e. The summed E-state index contributed by atoms with van der Waals surface area (Å²) in [6.07, 6.45) is 1.23. The fraction of sp³-hybridized carbons (Fsp3) is 0.455. The highest BCUT2D eigenvalue weighted by molar-refractivity contribution is 7.90. The minimum Gasteiger partial charge on any atom is -0.497 e. The molecular formula is C11H17NO3S. The van der Waals surface area contributed by atoms with Crippen molar-refractivity contribution in [3.63, 3.8) is 0 Å². The van der Waals surface area contributed by atoms with Crippen molar-refractivity contribution in [3.8, 4) is 5.75 Å². The molecular weight excluding hydrogens is 226 g/mol. The second-order valence-corrected chi connectivity index (χ2v) is 6.00. The van der Waals surface area contributed by atoms with Crippen molar-refractivity contribution in [1.29, 1.82) is 0 Å². The van der Waals surface area contributed by atoms with Crippen LogP contribution in [-0.2, 0) is 9.84 Å². The Balaban J connectivity index is 2.61. The van der Waals surface area contributed by atoms with Gasteiger partial charge in [0.1, 0.15) is 15.6 Å². The minimum absolute atomic E-state index is 0.137. The molecule has 4 nitrogen and oxygen atoms in total. The molecule has 0 atom stereocenters. The third kappa shape index (κ3) is 4.10. The Bertz CT molecular complexity index is 454. The lowest BCUT2D eigenvalue weighted by Gasteiger charge is -2.10. The second kappa shape index (κ2) is 5.21. The lowest BCUT2D eigenvalue weighted by atomic mass is 10.2. The first-order chi connectivity index (χ1) is 7.42. The van der Waals surface area contributed by atoms with Crippen molar-refractivity contribution >= 4 is 15.5 Å². The zero-order valence-electron chi connectivity index (χ0n) is 9.78. The molecule has 0 aliphatic carbocycles. The molecule has 0 radical (unpaired) electrons. The second-order valence-electron chi connectivity index (χ2n) is 3.74. The number of aryl methyl sites for hydroxylation is 1. The molecule has 0 aromatic heterocycles. The van der Waals surface area contributed by atoms with Crippen molar-refractivity contribution in [1.82, 2.24) is 0 Å². The summed E-state index contributed by atoms with van der Waals surface area (Å²) in [6.45, 7) is 2.37. The quantitative estimate of drug-likeness (QED) is 0.850. The van der Waals surface area contributed by atoms with Gasteiger partial charge >= 0.3 is 0 Å². The van der Waals surface area contributed by atoms with Gasteiger partial charge in [-0.1, -0.05) is 0 Å². The van der Waals surface area contributed by atoms with Crippen LogP contribution in [0.25, 0.3) is 0 Å². The molecule has 1 N–H and O–H groups in total. The van der Waals surface area contributed by atoms with E-state index in [-0.39, 0.29) is 5.75 Å². The van der Waals surface area contributed by atoms with Gasteiger partial charge in [-0.2, -0.15) is 0 Å². The molecule has 16 heavy (non-hydrogen) atoms. The van der Waals surface area contributed by atoms with E-state index in [1.165, 1.54) is 6.26 Å². The fourth-order valence-corrected chi connectivity index (χ4v) is 1.81. The first-order valence-electron chi connectivity index (χ1n) is 4.98. The maximum atomic E-state index is 10.9. The van der Waals surface area contributed by atoms with E-state index < -0.39 is 9.84 Å². The lowest BCUT2D eigenvalue weighted by molar-refractivity contribution is 0.414. The summed E-state index contributed by atoms with van der Waals surface area (Å²) in [7, 11) is -1.29. The number of hydrogen-bond donors (Lipinski definition) is 1. The number of anilines is 1. The van der Waals surface area contributed by atoms with Crippen LogP contribution in [0, 0.1) is 6.92 Å². The van der Waals surface area contributed by atoms with Crippen LogP contribution in [0.15, 0.2) is 18.2 Å². The Hall–Kier alpha value is -1.23. The van der Waals surface area contributed by atoms with Crippen LogP contribution in [0.1, 0.15) is 5.56 Å². The Morgan fingerprint density at radius 2 is 2.06 bits per heavy atom. The van der Waals surface area contributed by atoms with Gasteiger partial charge in [0, 0.05) is 18.5 Å². The number of sulfone groups is 1. The van der Waals surface area contributed by atoms with E-state index in [9.17, 15) is 8.42 Å². The average molecular weight is 243 g/mol. The van der Waals surface area contributed by atoms with E-state index >= 15 is 0 Å². The normalized spacial score (nSPS) is 11.2. The van der Waals surface area contributed by atoms with Gasteiger partial charge in [0.25, 0.3) is 0 Å². The number of methoxy groups -OCH3 is 1. The molecule has 0 unspecified atom stereocenters. The summed E-state index contributed by atoms with van der Waals surface area (Å²) in [5.41, 5.74) is 1.97. The highest BCUT2D eigenvalue weighted by atomic mass is 32.2. The van der Waals surface area contributed by atoms with Gasteiger partial charge < -0.3 is 10.1 Å². The van der Waals surface area contributed by atoms with E-state index in [1.807, 2.05) is 25.1 Å². The van der Waals surface area contributed by atoms with Crippen molar-refractivity contribution in [2.75, 3.05) is 31.0 Å². The molecule has 0 fully saturated rings. The third-order valence-corrected chi connectivity index (χ3v) is 3.17. The molecule has 1 aromatic rings. The van der Waals surface area contributed by atoms with Crippen molar-refractivity contribution in [2.24, 2.45) is 0 Å². The number of ether oxygens (including phenoxy) is 1. The summed E-state index contributed by atoms with van der Waals surface area (Å²) < 4.78 is 27.0. The summed E-state index contributed by atoms with van der Waals surface area (Å²) in [5.74, 6) is 0.935. The molecule has 0 spiro atoms. The molecule has 0 bridgehead atoms. The maximum Gasteiger partial charge on any atom is 0.149 e. The Labute approximate surface area is 96.5 Å². The molecule has 1 aromatic carbocycles. The van der Waals surface area contributed by atoms with E-state index in [1.54, 1.807) is 7.11 Å². The standard InChI is InChI=1S/C11H17NO3S/c1-9-8-10(15-2)4-5-11(9)12-6-7-16(3,13)14/h4-5,8,12H,6-7H2,1-3H3. The van der Waals surface area contributed by atoms with E-state index in [0.717, 1.165) is 17.0 Å². The molecule has 1 rings (SSSR count). The van der Waals surface area contributed by atoms with Gasteiger partial charge in [0.2, 0.25) is 0 Å². The Kier molecular flexibility index (Phi) is 4.18. The highest BCUT2D eigenvalue weighted by Gasteiger charge is 2.03. The number of rotatable bonds is 5. The van der Waals surface area contributed by atoms with Gasteiger partial charge in [-0.25, -0.2) is 8.42 Å². The van der Waals surface area contributed by atoms with Crippen LogP contribution in [0.2, 0.25) is 0 Å². The molecule has 0 aliphatic rings. The van der Waals surface area contributed by atoms with Crippen molar-refractivity contribution < 1.29 is 13.2 Å². The maximum absolute atomic E-state index is 10.9. The third-order valence-electron chi connectivity index (χ3n) is 2.22. The fourth-order valence-electron chi connectivity index (χ4n) is 1.33. The molecule has 5 heteroatoms. The summed E-state index contributed by atoms with van der Waals surface area (Å²) in [4.78, 5) is 0. The average Bonchev–Trinajstić information content (AvgIpc) is 2.18. The molecule has 0 saturated heterocycles. The molecule has 0 heterocycles.